The van der Waals surface area contributed by atoms with E-state index in [4.69, 9.17) is 5.26 Å². The summed E-state index contributed by atoms with van der Waals surface area (Å²) < 4.78 is 1.10. The van der Waals surface area contributed by atoms with Crippen LogP contribution in [0.4, 0.5) is 5.82 Å². The van der Waals surface area contributed by atoms with Crippen molar-refractivity contribution in [2.45, 2.75) is 6.54 Å². The number of nitriles is 1. The third kappa shape index (κ3) is 2.60. The van der Waals surface area contributed by atoms with Crippen molar-refractivity contribution in [3.63, 3.8) is 0 Å². The van der Waals surface area contributed by atoms with Crippen molar-refractivity contribution in [1.82, 2.24) is 4.98 Å². The molecule has 3 nitrogen and oxygen atoms in total. The number of rotatable bonds is 3. The molecule has 0 atom stereocenters. The Hall–Kier alpha value is -1.38. The van der Waals surface area contributed by atoms with Gasteiger partial charge < -0.3 is 5.32 Å². The van der Waals surface area contributed by atoms with E-state index in [1.807, 2.05) is 12.1 Å². The minimum Gasteiger partial charge on any atom is -0.364 e. The van der Waals surface area contributed by atoms with Gasteiger partial charge in [0.15, 0.2) is 0 Å². The van der Waals surface area contributed by atoms with E-state index in [9.17, 15) is 0 Å². The van der Waals surface area contributed by atoms with Gasteiger partial charge in [-0.25, -0.2) is 4.98 Å². The highest BCUT2D eigenvalue weighted by Gasteiger charge is 2.02. The normalized spacial score (nSPS) is 9.75. The van der Waals surface area contributed by atoms with Gasteiger partial charge in [-0.05, 0) is 40.2 Å². The smallest absolute Gasteiger partial charge is 0.144 e. The number of aromatic nitrogens is 1. The summed E-state index contributed by atoms with van der Waals surface area (Å²) in [7, 11) is 0. The zero-order valence-corrected chi connectivity index (χ0v) is 10.7. The first-order chi connectivity index (χ1) is 7.79. The molecule has 2 heterocycles. The third-order valence-electron chi connectivity index (χ3n) is 1.99. The number of hydrogen-bond acceptors (Lipinski definition) is 4. The summed E-state index contributed by atoms with van der Waals surface area (Å²) in [6.45, 7) is 0.682. The topological polar surface area (TPSA) is 48.7 Å². The molecule has 0 aliphatic carbocycles. The van der Waals surface area contributed by atoms with Crippen molar-refractivity contribution in [2.24, 2.45) is 0 Å². The van der Waals surface area contributed by atoms with Crippen molar-refractivity contribution in [1.29, 1.82) is 5.26 Å². The second kappa shape index (κ2) is 5.10. The molecule has 0 unspecified atom stereocenters. The highest BCUT2D eigenvalue weighted by atomic mass is 79.9. The van der Waals surface area contributed by atoms with Gasteiger partial charge in [0.1, 0.15) is 11.9 Å². The van der Waals surface area contributed by atoms with Crippen molar-refractivity contribution in [2.75, 3.05) is 5.32 Å². The second-order valence-electron chi connectivity index (χ2n) is 3.07. The van der Waals surface area contributed by atoms with E-state index in [0.29, 0.717) is 17.9 Å². The highest BCUT2D eigenvalue weighted by Crippen LogP contribution is 2.23. The van der Waals surface area contributed by atoms with Crippen molar-refractivity contribution < 1.29 is 0 Å². The minimum absolute atomic E-state index is 0.568. The van der Waals surface area contributed by atoms with Gasteiger partial charge in [0.05, 0.1) is 15.9 Å². The number of pyridine rings is 1. The van der Waals surface area contributed by atoms with E-state index >= 15 is 0 Å². The standard InChI is InChI=1S/C11H8BrN3S/c12-10-4-3-9(16-10)7-15-11-8(6-13)2-1-5-14-11/h1-5H,7H2,(H,14,15). The molecule has 5 heteroatoms. The van der Waals surface area contributed by atoms with Crippen LogP contribution in [0.15, 0.2) is 34.2 Å². The number of nitrogens with zero attached hydrogens (tertiary/aromatic N) is 2. The Morgan fingerprint density at radius 2 is 2.31 bits per heavy atom. The fourth-order valence-corrected chi connectivity index (χ4v) is 2.68. The Morgan fingerprint density at radius 3 is 3.00 bits per heavy atom. The van der Waals surface area contributed by atoms with Gasteiger partial charge >= 0.3 is 0 Å². The molecule has 80 valence electrons. The summed E-state index contributed by atoms with van der Waals surface area (Å²) in [5.41, 5.74) is 0.568. The van der Waals surface area contributed by atoms with E-state index < -0.39 is 0 Å². The average Bonchev–Trinajstić information content (AvgIpc) is 2.73. The largest absolute Gasteiger partial charge is 0.364 e. The zero-order valence-electron chi connectivity index (χ0n) is 8.27. The Balaban J connectivity index is 2.08. The van der Waals surface area contributed by atoms with Crippen LogP contribution >= 0.6 is 27.3 Å². The lowest BCUT2D eigenvalue weighted by atomic mass is 10.3. The monoisotopic (exact) mass is 293 g/mol. The van der Waals surface area contributed by atoms with Crippen LogP contribution in [0.5, 0.6) is 0 Å². The summed E-state index contributed by atoms with van der Waals surface area (Å²) in [6, 6.07) is 9.65. The first-order valence-electron chi connectivity index (χ1n) is 4.63. The van der Waals surface area contributed by atoms with Gasteiger partial charge in [-0.2, -0.15) is 5.26 Å². The Labute approximate surface area is 106 Å². The molecule has 0 saturated carbocycles. The van der Waals surface area contributed by atoms with Gasteiger partial charge in [0, 0.05) is 11.1 Å². The molecule has 0 fully saturated rings. The number of nitrogens with one attached hydrogen (secondary N) is 1. The maximum Gasteiger partial charge on any atom is 0.144 e. The summed E-state index contributed by atoms with van der Waals surface area (Å²) in [6.07, 6.45) is 1.67. The summed E-state index contributed by atoms with van der Waals surface area (Å²) in [5, 5.41) is 12.0. The quantitative estimate of drug-likeness (QED) is 0.944. The van der Waals surface area contributed by atoms with E-state index in [1.54, 1.807) is 29.7 Å². The first kappa shape index (κ1) is 11.1. The number of halogens is 1. The summed E-state index contributed by atoms with van der Waals surface area (Å²) in [5.74, 6) is 0.634. The summed E-state index contributed by atoms with van der Waals surface area (Å²) in [4.78, 5) is 5.33. The van der Waals surface area contributed by atoms with E-state index in [2.05, 4.69) is 32.3 Å². The molecule has 0 radical (unpaired) electrons. The molecule has 0 spiro atoms. The average molecular weight is 294 g/mol. The Kier molecular flexibility index (Phi) is 3.54. The molecule has 2 rings (SSSR count). The molecule has 0 aliphatic rings. The Bertz CT molecular complexity index is 530. The predicted octanol–water partition coefficient (Wildman–Crippen LogP) is 3.39. The molecule has 0 amide bonds. The van der Waals surface area contributed by atoms with Crippen molar-refractivity contribution in [3.05, 3.63) is 44.7 Å². The fraction of sp³-hybridized carbons (Fsp3) is 0.0909. The molecule has 16 heavy (non-hydrogen) atoms. The molecule has 0 saturated heterocycles. The maximum absolute atomic E-state index is 8.88. The molecular formula is C11H8BrN3S. The molecular weight excluding hydrogens is 286 g/mol. The SMILES string of the molecule is N#Cc1cccnc1NCc1ccc(Br)s1. The fourth-order valence-electron chi connectivity index (χ4n) is 1.25. The van der Waals surface area contributed by atoms with Crippen LogP contribution in [0.25, 0.3) is 0 Å². The Morgan fingerprint density at radius 1 is 1.44 bits per heavy atom. The van der Waals surface area contributed by atoms with Gasteiger partial charge in [0.2, 0.25) is 0 Å². The molecule has 0 bridgehead atoms. The van der Waals surface area contributed by atoms with Crippen LogP contribution in [0, 0.1) is 11.3 Å². The van der Waals surface area contributed by atoms with Crippen LogP contribution in [-0.2, 0) is 6.54 Å². The number of hydrogen-bond donors (Lipinski definition) is 1. The molecule has 2 aromatic rings. The third-order valence-corrected chi connectivity index (χ3v) is 3.61. The first-order valence-corrected chi connectivity index (χ1v) is 6.24. The predicted molar refractivity (Wildman–Crippen MR) is 68.3 cm³/mol. The number of thiophene rings is 1. The lowest BCUT2D eigenvalue weighted by molar-refractivity contribution is 1.13. The minimum atomic E-state index is 0.568. The summed E-state index contributed by atoms with van der Waals surface area (Å²) >= 11 is 5.07. The van der Waals surface area contributed by atoms with Crippen LogP contribution in [0.3, 0.4) is 0 Å². The van der Waals surface area contributed by atoms with Gasteiger partial charge in [0.25, 0.3) is 0 Å². The van der Waals surface area contributed by atoms with Gasteiger partial charge in [-0.15, -0.1) is 11.3 Å². The van der Waals surface area contributed by atoms with Gasteiger partial charge in [-0.1, -0.05) is 0 Å². The molecule has 2 aromatic heterocycles. The molecule has 0 aromatic carbocycles. The molecule has 0 aliphatic heterocycles. The highest BCUT2D eigenvalue weighted by molar-refractivity contribution is 9.11. The van der Waals surface area contributed by atoms with Gasteiger partial charge in [-0.3, -0.25) is 0 Å². The maximum atomic E-state index is 8.88. The lowest BCUT2D eigenvalue weighted by Crippen LogP contribution is -2.01. The van der Waals surface area contributed by atoms with E-state index in [0.717, 1.165) is 3.79 Å². The van der Waals surface area contributed by atoms with Crippen LogP contribution < -0.4 is 5.32 Å². The van der Waals surface area contributed by atoms with Crippen molar-refractivity contribution >= 4 is 33.1 Å². The number of anilines is 1. The zero-order chi connectivity index (χ0) is 11.4. The van der Waals surface area contributed by atoms with Crippen LogP contribution in [0.1, 0.15) is 10.4 Å². The lowest BCUT2D eigenvalue weighted by Gasteiger charge is -2.04. The van der Waals surface area contributed by atoms with E-state index in [1.165, 1.54) is 4.88 Å². The van der Waals surface area contributed by atoms with Crippen LogP contribution in [-0.4, -0.2) is 4.98 Å². The molecule has 1 N–H and O–H groups in total. The van der Waals surface area contributed by atoms with Crippen molar-refractivity contribution in [3.8, 4) is 6.07 Å². The van der Waals surface area contributed by atoms with Crippen LogP contribution in [0.2, 0.25) is 0 Å². The van der Waals surface area contributed by atoms with E-state index in [-0.39, 0.29) is 0 Å². The second-order valence-corrected chi connectivity index (χ2v) is 5.62.